The van der Waals surface area contributed by atoms with Crippen molar-refractivity contribution in [3.63, 3.8) is 0 Å². The van der Waals surface area contributed by atoms with Crippen molar-refractivity contribution in [2.75, 3.05) is 0 Å². The summed E-state index contributed by atoms with van der Waals surface area (Å²) in [5.41, 5.74) is 0.466. The monoisotopic (exact) mass is 232 g/mol. The molecule has 82 valence electrons. The van der Waals surface area contributed by atoms with Crippen LogP contribution in [0.1, 0.15) is 23.8 Å². The van der Waals surface area contributed by atoms with E-state index in [0.717, 1.165) is 6.07 Å². The highest BCUT2D eigenvalue weighted by Gasteiger charge is 2.12. The predicted octanol–water partition coefficient (Wildman–Crippen LogP) is 2.68. The molecule has 1 aromatic rings. The summed E-state index contributed by atoms with van der Waals surface area (Å²) in [7, 11) is 0. The van der Waals surface area contributed by atoms with Crippen LogP contribution >= 0.6 is 11.6 Å². The average Bonchev–Trinajstić information content (AvgIpc) is 2.18. The van der Waals surface area contributed by atoms with Crippen LogP contribution in [-0.4, -0.2) is 16.2 Å². The number of phenolic OH excluding ortho intramolecular Hbond substituents is 1. The zero-order chi connectivity index (χ0) is 11.4. The fraction of sp³-hybridized carbons (Fsp3) is 0.300. The Hall–Kier alpha value is -1.29. The molecule has 0 saturated carbocycles. The predicted molar refractivity (Wildman–Crippen MR) is 53.5 cm³/mol. The van der Waals surface area contributed by atoms with Crippen molar-refractivity contribution in [3.8, 4) is 5.75 Å². The van der Waals surface area contributed by atoms with Gasteiger partial charge in [-0.25, -0.2) is 4.39 Å². The van der Waals surface area contributed by atoms with Crippen LogP contribution in [-0.2, 0) is 4.79 Å². The zero-order valence-electron chi connectivity index (χ0n) is 7.78. The highest BCUT2D eigenvalue weighted by atomic mass is 35.5. The first-order chi connectivity index (χ1) is 7.00. The summed E-state index contributed by atoms with van der Waals surface area (Å²) in [4.78, 5) is 10.3. The lowest BCUT2D eigenvalue weighted by Gasteiger charge is -2.08. The Morgan fingerprint density at radius 2 is 2.20 bits per heavy atom. The number of rotatable bonds is 4. The van der Waals surface area contributed by atoms with Crippen molar-refractivity contribution >= 4 is 17.6 Å². The quantitative estimate of drug-likeness (QED) is 0.785. The van der Waals surface area contributed by atoms with Gasteiger partial charge in [0.05, 0.1) is 5.38 Å². The van der Waals surface area contributed by atoms with Gasteiger partial charge in [-0.1, -0.05) is 6.07 Å². The van der Waals surface area contributed by atoms with E-state index in [9.17, 15) is 9.18 Å². The maximum atomic E-state index is 12.9. The van der Waals surface area contributed by atoms with Gasteiger partial charge >= 0.3 is 5.97 Å². The SMILES string of the molecule is O=C(O)CCC(Cl)c1ccc(O)c(F)c1. The number of halogens is 2. The van der Waals surface area contributed by atoms with Crippen LogP contribution in [0.4, 0.5) is 4.39 Å². The lowest BCUT2D eigenvalue weighted by atomic mass is 10.1. The van der Waals surface area contributed by atoms with Crippen molar-refractivity contribution in [1.82, 2.24) is 0 Å². The molecule has 0 aliphatic carbocycles. The van der Waals surface area contributed by atoms with Crippen LogP contribution in [0.2, 0.25) is 0 Å². The molecule has 0 heterocycles. The summed E-state index contributed by atoms with van der Waals surface area (Å²) in [5, 5.41) is 16.8. The molecule has 0 aliphatic heterocycles. The standard InChI is InChI=1S/C10H10ClFO3/c11-7(2-4-10(14)15)6-1-3-9(13)8(12)5-6/h1,3,5,7,13H,2,4H2,(H,14,15). The molecule has 0 bridgehead atoms. The molecular formula is C10H10ClFO3. The van der Waals surface area contributed by atoms with Crippen molar-refractivity contribution in [2.45, 2.75) is 18.2 Å². The molecule has 0 saturated heterocycles. The smallest absolute Gasteiger partial charge is 0.303 e. The highest BCUT2D eigenvalue weighted by Crippen LogP contribution is 2.28. The molecule has 0 spiro atoms. The minimum absolute atomic E-state index is 0.0728. The van der Waals surface area contributed by atoms with E-state index in [2.05, 4.69) is 0 Å². The average molecular weight is 233 g/mol. The van der Waals surface area contributed by atoms with E-state index in [1.54, 1.807) is 0 Å². The molecule has 1 atom stereocenters. The van der Waals surface area contributed by atoms with Crippen molar-refractivity contribution in [3.05, 3.63) is 29.6 Å². The van der Waals surface area contributed by atoms with Crippen LogP contribution in [0.3, 0.4) is 0 Å². The van der Waals surface area contributed by atoms with Gasteiger partial charge in [-0.05, 0) is 24.1 Å². The minimum Gasteiger partial charge on any atom is -0.505 e. The maximum Gasteiger partial charge on any atom is 0.303 e. The number of aromatic hydroxyl groups is 1. The van der Waals surface area contributed by atoms with Gasteiger partial charge in [0.15, 0.2) is 11.6 Å². The van der Waals surface area contributed by atoms with E-state index < -0.39 is 22.9 Å². The molecule has 1 rings (SSSR count). The molecule has 0 fully saturated rings. The van der Waals surface area contributed by atoms with Crippen LogP contribution in [0.5, 0.6) is 5.75 Å². The Labute approximate surface area is 91.1 Å². The minimum atomic E-state index is -0.945. The topological polar surface area (TPSA) is 57.5 Å². The lowest BCUT2D eigenvalue weighted by molar-refractivity contribution is -0.137. The molecule has 3 nitrogen and oxygen atoms in total. The number of carboxylic acid groups (broad SMARTS) is 1. The highest BCUT2D eigenvalue weighted by molar-refractivity contribution is 6.20. The normalized spacial score (nSPS) is 12.4. The van der Waals surface area contributed by atoms with E-state index in [0.29, 0.717) is 5.56 Å². The van der Waals surface area contributed by atoms with Gasteiger partial charge in [0.25, 0.3) is 0 Å². The van der Waals surface area contributed by atoms with Gasteiger partial charge in [-0.2, -0.15) is 0 Å². The van der Waals surface area contributed by atoms with E-state index in [-0.39, 0.29) is 12.8 Å². The molecule has 15 heavy (non-hydrogen) atoms. The molecule has 2 N–H and O–H groups in total. The number of phenols is 1. The molecule has 1 aromatic carbocycles. The van der Waals surface area contributed by atoms with Crippen molar-refractivity contribution in [2.24, 2.45) is 0 Å². The first-order valence-electron chi connectivity index (χ1n) is 4.35. The van der Waals surface area contributed by atoms with Gasteiger partial charge in [-0.3, -0.25) is 4.79 Å². The molecule has 1 unspecified atom stereocenters. The zero-order valence-corrected chi connectivity index (χ0v) is 8.54. The summed E-state index contributed by atoms with van der Waals surface area (Å²) >= 11 is 5.86. The molecule has 5 heteroatoms. The Morgan fingerprint density at radius 1 is 1.53 bits per heavy atom. The number of hydrogen-bond acceptors (Lipinski definition) is 2. The third-order valence-corrected chi connectivity index (χ3v) is 2.42. The second-order valence-electron chi connectivity index (χ2n) is 3.11. The number of hydrogen-bond donors (Lipinski definition) is 2. The van der Waals surface area contributed by atoms with Crippen LogP contribution < -0.4 is 0 Å². The van der Waals surface area contributed by atoms with E-state index in [4.69, 9.17) is 21.8 Å². The Balaban J connectivity index is 2.69. The Bertz CT molecular complexity index is 368. The summed E-state index contributed by atoms with van der Waals surface area (Å²) in [5.74, 6) is -2.14. The lowest BCUT2D eigenvalue weighted by Crippen LogP contribution is -1.98. The summed E-state index contributed by atoms with van der Waals surface area (Å²) in [6.07, 6.45) is 0.151. The summed E-state index contributed by atoms with van der Waals surface area (Å²) in [6, 6.07) is 3.77. The second kappa shape index (κ2) is 4.98. The van der Waals surface area contributed by atoms with Gasteiger partial charge in [0.2, 0.25) is 0 Å². The van der Waals surface area contributed by atoms with E-state index >= 15 is 0 Å². The fourth-order valence-corrected chi connectivity index (χ4v) is 1.38. The van der Waals surface area contributed by atoms with Crippen LogP contribution in [0.15, 0.2) is 18.2 Å². The number of alkyl halides is 1. The van der Waals surface area contributed by atoms with Crippen LogP contribution in [0, 0.1) is 5.82 Å². The molecule has 0 radical (unpaired) electrons. The molecule has 0 aromatic heterocycles. The van der Waals surface area contributed by atoms with Crippen molar-refractivity contribution < 1.29 is 19.4 Å². The Kier molecular flexibility index (Phi) is 3.91. The Morgan fingerprint density at radius 3 is 2.73 bits per heavy atom. The molecular weight excluding hydrogens is 223 g/mol. The largest absolute Gasteiger partial charge is 0.505 e. The summed E-state index contributed by atoms with van der Waals surface area (Å²) in [6.45, 7) is 0. The van der Waals surface area contributed by atoms with E-state index in [1.807, 2.05) is 0 Å². The van der Waals surface area contributed by atoms with Crippen molar-refractivity contribution in [1.29, 1.82) is 0 Å². The number of aliphatic carboxylic acids is 1. The fourth-order valence-electron chi connectivity index (χ4n) is 1.13. The third-order valence-electron chi connectivity index (χ3n) is 1.95. The van der Waals surface area contributed by atoms with Gasteiger partial charge in [0.1, 0.15) is 0 Å². The molecule has 0 amide bonds. The van der Waals surface area contributed by atoms with Gasteiger partial charge in [-0.15, -0.1) is 11.6 Å². The first kappa shape index (κ1) is 11.8. The van der Waals surface area contributed by atoms with Gasteiger partial charge in [0, 0.05) is 6.42 Å². The number of carbonyl (C=O) groups is 1. The maximum absolute atomic E-state index is 12.9. The van der Waals surface area contributed by atoms with Crippen LogP contribution in [0.25, 0.3) is 0 Å². The number of benzene rings is 1. The van der Waals surface area contributed by atoms with E-state index in [1.165, 1.54) is 12.1 Å². The summed E-state index contributed by atoms with van der Waals surface area (Å²) < 4.78 is 12.9. The second-order valence-corrected chi connectivity index (χ2v) is 3.64. The number of carboxylic acids is 1. The molecule has 0 aliphatic rings. The first-order valence-corrected chi connectivity index (χ1v) is 4.78. The van der Waals surface area contributed by atoms with Gasteiger partial charge < -0.3 is 10.2 Å². The third kappa shape index (κ3) is 3.40.